The highest BCUT2D eigenvalue weighted by atomic mass is 15.2. The molecule has 64 valence electrons. The van der Waals surface area contributed by atoms with Crippen molar-refractivity contribution in [1.29, 1.82) is 0 Å². The second-order valence-corrected chi connectivity index (χ2v) is 3.44. The van der Waals surface area contributed by atoms with Gasteiger partial charge in [-0.15, -0.1) is 6.58 Å². The van der Waals surface area contributed by atoms with E-state index in [1.165, 1.54) is 19.5 Å². The van der Waals surface area contributed by atoms with Crippen LogP contribution in [-0.2, 0) is 0 Å². The molecule has 1 saturated heterocycles. The van der Waals surface area contributed by atoms with Crippen LogP contribution in [0.1, 0.15) is 13.3 Å². The molecule has 1 fully saturated rings. The fourth-order valence-electron chi connectivity index (χ4n) is 1.51. The molecular weight excluding hydrogens is 136 g/mol. The minimum absolute atomic E-state index is 0.450. The Morgan fingerprint density at radius 3 is 2.91 bits per heavy atom. The second-order valence-electron chi connectivity index (χ2n) is 3.44. The van der Waals surface area contributed by atoms with Crippen LogP contribution in [0.15, 0.2) is 12.7 Å². The number of hydrogen-bond donors (Lipinski definition) is 1. The fraction of sp³-hybridized carbons (Fsp3) is 0.778. The van der Waals surface area contributed by atoms with Gasteiger partial charge in [0, 0.05) is 18.6 Å². The molecule has 1 aliphatic heterocycles. The largest absolute Gasteiger partial charge is 0.307 e. The van der Waals surface area contributed by atoms with E-state index in [4.69, 9.17) is 0 Å². The summed E-state index contributed by atoms with van der Waals surface area (Å²) in [7, 11) is 2.17. The summed E-state index contributed by atoms with van der Waals surface area (Å²) in [5.74, 6) is 0. The highest BCUT2D eigenvalue weighted by Crippen LogP contribution is 2.06. The molecule has 0 aliphatic carbocycles. The molecule has 1 N–H and O–H groups in total. The Hall–Kier alpha value is -0.340. The summed E-state index contributed by atoms with van der Waals surface area (Å²) in [4.78, 5) is 2.35. The van der Waals surface area contributed by atoms with Gasteiger partial charge in [-0.05, 0) is 26.9 Å². The standard InChI is InChI=1S/C9H18N2/c1-4-8(2)10-9-5-6-11(3)7-9/h4,8-10H,1,5-7H2,2-3H3. The van der Waals surface area contributed by atoms with Crippen LogP contribution in [0.5, 0.6) is 0 Å². The Kier molecular flexibility index (Phi) is 3.09. The van der Waals surface area contributed by atoms with Crippen LogP contribution in [0, 0.1) is 0 Å². The first-order valence-electron chi connectivity index (χ1n) is 4.29. The summed E-state index contributed by atoms with van der Waals surface area (Å²) < 4.78 is 0. The molecule has 0 aromatic heterocycles. The van der Waals surface area contributed by atoms with Gasteiger partial charge in [-0.25, -0.2) is 0 Å². The van der Waals surface area contributed by atoms with Gasteiger partial charge in [0.15, 0.2) is 0 Å². The first-order valence-corrected chi connectivity index (χ1v) is 4.29. The van der Waals surface area contributed by atoms with Gasteiger partial charge in [-0.2, -0.15) is 0 Å². The lowest BCUT2D eigenvalue weighted by Crippen LogP contribution is -2.36. The Balaban J connectivity index is 2.22. The maximum Gasteiger partial charge on any atom is 0.0222 e. The lowest BCUT2D eigenvalue weighted by molar-refractivity contribution is 0.394. The molecule has 11 heavy (non-hydrogen) atoms. The van der Waals surface area contributed by atoms with Crippen molar-refractivity contribution >= 4 is 0 Å². The smallest absolute Gasteiger partial charge is 0.0222 e. The summed E-state index contributed by atoms with van der Waals surface area (Å²) in [5.41, 5.74) is 0. The lowest BCUT2D eigenvalue weighted by Gasteiger charge is -2.15. The predicted molar refractivity (Wildman–Crippen MR) is 48.7 cm³/mol. The van der Waals surface area contributed by atoms with Gasteiger partial charge in [0.25, 0.3) is 0 Å². The van der Waals surface area contributed by atoms with E-state index in [-0.39, 0.29) is 0 Å². The average molecular weight is 154 g/mol. The number of hydrogen-bond acceptors (Lipinski definition) is 2. The van der Waals surface area contributed by atoms with Gasteiger partial charge in [0.05, 0.1) is 0 Å². The Morgan fingerprint density at radius 1 is 1.73 bits per heavy atom. The molecule has 0 aromatic rings. The Bertz CT molecular complexity index is 134. The third-order valence-corrected chi connectivity index (χ3v) is 2.24. The molecule has 1 aliphatic rings. The zero-order valence-electron chi connectivity index (χ0n) is 7.51. The molecule has 0 spiro atoms. The molecule has 1 rings (SSSR count). The monoisotopic (exact) mass is 154 g/mol. The van der Waals surface area contributed by atoms with Gasteiger partial charge in [-0.1, -0.05) is 6.08 Å². The van der Waals surface area contributed by atoms with Crippen LogP contribution < -0.4 is 5.32 Å². The summed E-state index contributed by atoms with van der Waals surface area (Å²) in [6.45, 7) is 8.29. The number of rotatable bonds is 3. The zero-order chi connectivity index (χ0) is 8.27. The quantitative estimate of drug-likeness (QED) is 0.606. The highest BCUT2D eigenvalue weighted by molar-refractivity contribution is 4.88. The van der Waals surface area contributed by atoms with Crippen molar-refractivity contribution in [3.05, 3.63) is 12.7 Å². The van der Waals surface area contributed by atoms with E-state index in [0.717, 1.165) is 0 Å². The molecule has 1 heterocycles. The topological polar surface area (TPSA) is 15.3 Å². The molecule has 2 unspecified atom stereocenters. The Morgan fingerprint density at radius 2 is 2.45 bits per heavy atom. The van der Waals surface area contributed by atoms with Crippen molar-refractivity contribution in [3.8, 4) is 0 Å². The van der Waals surface area contributed by atoms with E-state index in [1.54, 1.807) is 0 Å². The fourth-order valence-corrected chi connectivity index (χ4v) is 1.51. The van der Waals surface area contributed by atoms with Crippen LogP contribution in [0.3, 0.4) is 0 Å². The van der Waals surface area contributed by atoms with Crippen molar-refractivity contribution in [2.24, 2.45) is 0 Å². The van der Waals surface area contributed by atoms with Gasteiger partial charge in [0.2, 0.25) is 0 Å². The van der Waals surface area contributed by atoms with Crippen molar-refractivity contribution in [1.82, 2.24) is 10.2 Å². The minimum Gasteiger partial charge on any atom is -0.307 e. The maximum absolute atomic E-state index is 3.75. The SMILES string of the molecule is C=CC(C)NC1CCN(C)C1. The second kappa shape index (κ2) is 3.88. The van der Waals surface area contributed by atoms with Gasteiger partial charge < -0.3 is 10.2 Å². The van der Waals surface area contributed by atoms with E-state index in [9.17, 15) is 0 Å². The minimum atomic E-state index is 0.450. The van der Waals surface area contributed by atoms with E-state index < -0.39 is 0 Å². The van der Waals surface area contributed by atoms with Gasteiger partial charge in [0.1, 0.15) is 0 Å². The van der Waals surface area contributed by atoms with Gasteiger partial charge >= 0.3 is 0 Å². The molecular formula is C9H18N2. The molecule has 2 nitrogen and oxygen atoms in total. The van der Waals surface area contributed by atoms with Crippen molar-refractivity contribution in [2.45, 2.75) is 25.4 Å². The van der Waals surface area contributed by atoms with Crippen LogP contribution in [-0.4, -0.2) is 37.1 Å². The average Bonchev–Trinajstić information content (AvgIpc) is 2.35. The molecule has 0 bridgehead atoms. The number of nitrogens with zero attached hydrogens (tertiary/aromatic N) is 1. The van der Waals surface area contributed by atoms with E-state index >= 15 is 0 Å². The lowest BCUT2D eigenvalue weighted by atomic mass is 10.2. The highest BCUT2D eigenvalue weighted by Gasteiger charge is 2.19. The summed E-state index contributed by atoms with van der Waals surface area (Å²) in [6, 6.07) is 1.12. The van der Waals surface area contributed by atoms with Crippen LogP contribution in [0.25, 0.3) is 0 Å². The van der Waals surface area contributed by atoms with E-state index in [0.29, 0.717) is 12.1 Å². The van der Waals surface area contributed by atoms with Gasteiger partial charge in [-0.3, -0.25) is 0 Å². The number of likely N-dealkylation sites (N-methyl/N-ethyl adjacent to an activating group) is 1. The molecule has 2 heteroatoms. The number of likely N-dealkylation sites (tertiary alicyclic amines) is 1. The number of nitrogens with one attached hydrogen (secondary N) is 1. The third kappa shape index (κ3) is 2.64. The van der Waals surface area contributed by atoms with Crippen molar-refractivity contribution < 1.29 is 0 Å². The summed E-state index contributed by atoms with van der Waals surface area (Å²) in [6.07, 6.45) is 3.23. The van der Waals surface area contributed by atoms with E-state index in [1.807, 2.05) is 6.08 Å². The molecule has 0 radical (unpaired) electrons. The van der Waals surface area contributed by atoms with Crippen molar-refractivity contribution in [3.63, 3.8) is 0 Å². The van der Waals surface area contributed by atoms with Crippen LogP contribution in [0.4, 0.5) is 0 Å². The van der Waals surface area contributed by atoms with E-state index in [2.05, 4.69) is 30.8 Å². The maximum atomic E-state index is 3.75. The zero-order valence-corrected chi connectivity index (χ0v) is 7.51. The normalized spacial score (nSPS) is 28.7. The predicted octanol–water partition coefficient (Wildman–Crippen LogP) is 0.855. The van der Waals surface area contributed by atoms with Crippen LogP contribution in [0.2, 0.25) is 0 Å². The van der Waals surface area contributed by atoms with Crippen LogP contribution >= 0.6 is 0 Å². The molecule has 0 aromatic carbocycles. The first-order chi connectivity index (χ1) is 5.22. The Labute approximate surface area is 69.3 Å². The summed E-state index contributed by atoms with van der Waals surface area (Å²) >= 11 is 0. The molecule has 2 atom stereocenters. The first kappa shape index (κ1) is 8.75. The van der Waals surface area contributed by atoms with Crippen molar-refractivity contribution in [2.75, 3.05) is 20.1 Å². The third-order valence-electron chi connectivity index (χ3n) is 2.24. The molecule has 0 saturated carbocycles. The summed E-state index contributed by atoms with van der Waals surface area (Å²) in [5, 5.41) is 3.50. The molecule has 0 amide bonds.